The van der Waals surface area contributed by atoms with Gasteiger partial charge < -0.3 is 0 Å². The van der Waals surface area contributed by atoms with Crippen LogP contribution in [-0.4, -0.2) is 21.1 Å². The van der Waals surface area contributed by atoms with Crippen molar-refractivity contribution in [2.24, 2.45) is 0 Å². The van der Waals surface area contributed by atoms with E-state index >= 15 is 0 Å². The van der Waals surface area contributed by atoms with Crippen LogP contribution in [0.3, 0.4) is 0 Å². The molecule has 3 atom stereocenters. The average Bonchev–Trinajstić information content (AvgIpc) is 2.51. The first kappa shape index (κ1) is 13.9. The molecule has 0 unspecified atom stereocenters. The van der Waals surface area contributed by atoms with Crippen LogP contribution in [0.15, 0.2) is 60.7 Å². The predicted octanol–water partition coefficient (Wildman–Crippen LogP) is 3.74. The molecule has 0 bridgehead atoms. The SMILES string of the molecule is C[C@H]1CC[C@@H]([Se]c2ccccc2)[C@H](c2ccccc2)O1. The average molecular weight is 331 g/mol. The van der Waals surface area contributed by atoms with Gasteiger partial charge in [-0.3, -0.25) is 0 Å². The first-order chi connectivity index (χ1) is 9.83. The second-order valence-electron chi connectivity index (χ2n) is 5.32. The molecule has 2 aromatic carbocycles. The normalized spacial score (nSPS) is 26.4. The second-order valence-corrected chi connectivity index (χ2v) is 8.08. The monoisotopic (exact) mass is 332 g/mol. The fourth-order valence-corrected chi connectivity index (χ4v) is 5.34. The molecular weight excluding hydrogens is 311 g/mol. The van der Waals surface area contributed by atoms with E-state index in [2.05, 4.69) is 67.6 Å². The molecule has 1 nitrogen and oxygen atoms in total. The molecule has 0 aromatic heterocycles. The van der Waals surface area contributed by atoms with Crippen molar-refractivity contribution in [2.75, 3.05) is 0 Å². The van der Waals surface area contributed by atoms with Gasteiger partial charge in [0.1, 0.15) is 0 Å². The van der Waals surface area contributed by atoms with Crippen molar-refractivity contribution < 1.29 is 4.74 Å². The molecule has 3 rings (SSSR count). The molecule has 0 N–H and O–H groups in total. The molecule has 0 aliphatic carbocycles. The Labute approximate surface area is 127 Å². The van der Waals surface area contributed by atoms with Crippen molar-refractivity contribution in [1.29, 1.82) is 0 Å². The zero-order chi connectivity index (χ0) is 13.8. The van der Waals surface area contributed by atoms with Crippen LogP contribution in [0.25, 0.3) is 0 Å². The van der Waals surface area contributed by atoms with E-state index in [1.54, 1.807) is 0 Å². The Kier molecular flexibility index (Phi) is 4.57. The third kappa shape index (κ3) is 3.32. The van der Waals surface area contributed by atoms with Gasteiger partial charge in [-0.2, -0.15) is 0 Å². The van der Waals surface area contributed by atoms with Crippen LogP contribution in [0.1, 0.15) is 31.4 Å². The molecule has 20 heavy (non-hydrogen) atoms. The topological polar surface area (TPSA) is 9.23 Å². The van der Waals surface area contributed by atoms with Crippen molar-refractivity contribution in [1.82, 2.24) is 0 Å². The second kappa shape index (κ2) is 6.58. The minimum atomic E-state index is 0.264. The van der Waals surface area contributed by atoms with Gasteiger partial charge in [0.2, 0.25) is 0 Å². The van der Waals surface area contributed by atoms with Gasteiger partial charge in [-0.25, -0.2) is 0 Å². The maximum absolute atomic E-state index is 6.27. The summed E-state index contributed by atoms with van der Waals surface area (Å²) in [7, 11) is 0. The van der Waals surface area contributed by atoms with E-state index in [4.69, 9.17) is 4.74 Å². The van der Waals surface area contributed by atoms with Crippen LogP contribution in [0.2, 0.25) is 4.82 Å². The Bertz CT molecular complexity index is 526. The molecule has 0 amide bonds. The van der Waals surface area contributed by atoms with E-state index in [1.165, 1.54) is 22.9 Å². The molecule has 1 fully saturated rings. The molecular formula is C18H20OSe. The Morgan fingerprint density at radius 1 is 0.900 bits per heavy atom. The van der Waals surface area contributed by atoms with E-state index in [-0.39, 0.29) is 6.10 Å². The zero-order valence-corrected chi connectivity index (χ0v) is 13.4. The first-order valence-electron chi connectivity index (χ1n) is 7.25. The molecule has 2 heteroatoms. The molecule has 2 aromatic rings. The third-order valence-electron chi connectivity index (χ3n) is 3.73. The molecule has 1 saturated heterocycles. The van der Waals surface area contributed by atoms with Crippen molar-refractivity contribution in [3.05, 3.63) is 66.2 Å². The van der Waals surface area contributed by atoms with Gasteiger partial charge in [-0.1, -0.05) is 0 Å². The molecule has 1 aliphatic rings. The van der Waals surface area contributed by atoms with Gasteiger partial charge in [0.15, 0.2) is 0 Å². The summed E-state index contributed by atoms with van der Waals surface area (Å²) in [6.07, 6.45) is 3.10. The summed E-state index contributed by atoms with van der Waals surface area (Å²) in [5.41, 5.74) is 1.34. The summed E-state index contributed by atoms with van der Waals surface area (Å²) < 4.78 is 7.75. The van der Waals surface area contributed by atoms with Crippen molar-refractivity contribution in [3.8, 4) is 0 Å². The summed E-state index contributed by atoms with van der Waals surface area (Å²) >= 11 is 0.474. The number of hydrogen-bond acceptors (Lipinski definition) is 1. The van der Waals surface area contributed by atoms with E-state index in [0.717, 1.165) is 0 Å². The summed E-state index contributed by atoms with van der Waals surface area (Å²) in [5, 5.41) is 0. The minimum absolute atomic E-state index is 0.264. The van der Waals surface area contributed by atoms with Crippen molar-refractivity contribution in [2.45, 2.75) is 36.8 Å². The molecule has 1 aliphatic heterocycles. The van der Waals surface area contributed by atoms with Crippen LogP contribution in [0.5, 0.6) is 0 Å². The Morgan fingerprint density at radius 2 is 1.55 bits per heavy atom. The summed E-state index contributed by atoms with van der Waals surface area (Å²) in [5.74, 6) is 0. The molecule has 0 spiro atoms. The third-order valence-corrected chi connectivity index (χ3v) is 6.52. The predicted molar refractivity (Wildman–Crippen MR) is 84.5 cm³/mol. The summed E-state index contributed by atoms with van der Waals surface area (Å²) in [4.78, 5) is 0.642. The summed E-state index contributed by atoms with van der Waals surface area (Å²) in [6.45, 7) is 2.20. The molecule has 0 radical (unpaired) electrons. The van der Waals surface area contributed by atoms with E-state index in [9.17, 15) is 0 Å². The van der Waals surface area contributed by atoms with Crippen LogP contribution in [-0.2, 0) is 4.74 Å². The maximum atomic E-state index is 6.27. The van der Waals surface area contributed by atoms with Gasteiger partial charge in [0.05, 0.1) is 0 Å². The Hall–Kier alpha value is -1.08. The van der Waals surface area contributed by atoms with Crippen molar-refractivity contribution in [3.63, 3.8) is 0 Å². The fourth-order valence-electron chi connectivity index (χ4n) is 2.69. The summed E-state index contributed by atoms with van der Waals surface area (Å²) in [6, 6.07) is 21.6. The van der Waals surface area contributed by atoms with Gasteiger partial charge >= 0.3 is 127 Å². The van der Waals surface area contributed by atoms with Crippen LogP contribution >= 0.6 is 0 Å². The number of benzene rings is 2. The van der Waals surface area contributed by atoms with Gasteiger partial charge in [-0.05, 0) is 0 Å². The van der Waals surface area contributed by atoms with Crippen LogP contribution in [0, 0.1) is 0 Å². The standard InChI is InChI=1S/C18H20OSe/c1-14-12-13-17(20-16-10-6-3-7-11-16)18(19-14)15-8-4-2-5-9-15/h2-11,14,17-18H,12-13H2,1H3/t14-,17+,18-/m0/s1. The number of rotatable bonds is 3. The first-order valence-corrected chi connectivity index (χ1v) is 9.09. The van der Waals surface area contributed by atoms with Gasteiger partial charge in [0.25, 0.3) is 0 Å². The zero-order valence-electron chi connectivity index (χ0n) is 11.7. The molecule has 1 heterocycles. The Morgan fingerprint density at radius 3 is 2.25 bits per heavy atom. The molecule has 0 saturated carbocycles. The van der Waals surface area contributed by atoms with Crippen molar-refractivity contribution >= 4 is 19.4 Å². The number of ether oxygens (including phenoxy) is 1. The van der Waals surface area contributed by atoms with E-state index < -0.39 is 0 Å². The van der Waals surface area contributed by atoms with E-state index in [0.29, 0.717) is 25.9 Å². The van der Waals surface area contributed by atoms with E-state index in [1.807, 2.05) is 0 Å². The van der Waals surface area contributed by atoms with Gasteiger partial charge in [-0.15, -0.1) is 0 Å². The van der Waals surface area contributed by atoms with Gasteiger partial charge in [0, 0.05) is 0 Å². The van der Waals surface area contributed by atoms with Crippen LogP contribution in [0.4, 0.5) is 0 Å². The fraction of sp³-hybridized carbons (Fsp3) is 0.333. The Balaban J connectivity index is 1.80. The quantitative estimate of drug-likeness (QED) is 0.779. The number of hydrogen-bond donors (Lipinski definition) is 0. The molecule has 104 valence electrons. The van der Waals surface area contributed by atoms with Crippen LogP contribution < -0.4 is 4.46 Å².